The fourth-order valence-corrected chi connectivity index (χ4v) is 3.58. The Balaban J connectivity index is 2.01. The molecule has 134 valence electrons. The minimum absolute atomic E-state index is 0.103. The predicted octanol–water partition coefficient (Wildman–Crippen LogP) is 2.65. The molecule has 0 aliphatic carbocycles. The van der Waals surface area contributed by atoms with E-state index >= 15 is 0 Å². The highest BCUT2D eigenvalue weighted by atomic mass is 32.2. The maximum absolute atomic E-state index is 12.4. The number of benzene rings is 1. The molecule has 1 saturated heterocycles. The number of carboxylic acid groups (broad SMARTS) is 1. The Labute approximate surface area is 153 Å². The lowest BCUT2D eigenvalue weighted by atomic mass is 10.1. The van der Waals surface area contributed by atoms with Crippen molar-refractivity contribution < 1.29 is 30.0 Å². The van der Waals surface area contributed by atoms with Gasteiger partial charge in [-0.3, -0.25) is 14.5 Å². The molecule has 7 nitrogen and oxygen atoms in total. The Kier molecular flexibility index (Phi) is 6.27. The second-order valence-electron chi connectivity index (χ2n) is 5.45. The molecular weight excluding hydrogens is 366 g/mol. The second-order valence-corrected chi connectivity index (χ2v) is 7.12. The van der Waals surface area contributed by atoms with E-state index in [0.717, 1.165) is 11.8 Å². The molecule has 1 amide bonds. The third-order valence-electron chi connectivity index (χ3n) is 3.54. The Hall–Kier alpha value is -2.26. The summed E-state index contributed by atoms with van der Waals surface area (Å²) in [5, 5.41) is 37.0. The molecule has 25 heavy (non-hydrogen) atoms. The third kappa shape index (κ3) is 4.86. The van der Waals surface area contributed by atoms with E-state index in [1.54, 1.807) is 0 Å². The van der Waals surface area contributed by atoms with Gasteiger partial charge >= 0.3 is 5.97 Å². The number of unbranched alkanes of at least 4 members (excludes halogenated alkanes) is 2. The summed E-state index contributed by atoms with van der Waals surface area (Å²) in [7, 11) is 0. The smallest absolute Gasteiger partial charge is 0.303 e. The second kappa shape index (κ2) is 8.21. The summed E-state index contributed by atoms with van der Waals surface area (Å²) in [4.78, 5) is 24.7. The number of carbonyl (C=O) groups is 2. The van der Waals surface area contributed by atoms with E-state index in [-0.39, 0.29) is 12.3 Å². The fourth-order valence-electron chi connectivity index (χ4n) is 2.28. The lowest BCUT2D eigenvalue weighted by molar-refractivity contribution is -0.137. The van der Waals surface area contributed by atoms with Gasteiger partial charge in [-0.05, 0) is 36.6 Å². The molecule has 0 unspecified atom stereocenters. The van der Waals surface area contributed by atoms with Crippen LogP contribution in [0.1, 0.15) is 31.2 Å². The molecule has 1 aromatic rings. The molecule has 4 N–H and O–H groups in total. The number of phenols is 3. The number of thiocarbonyl (C=S) groups is 1. The maximum atomic E-state index is 12.4. The van der Waals surface area contributed by atoms with Gasteiger partial charge in [0.25, 0.3) is 5.91 Å². The van der Waals surface area contributed by atoms with Crippen LogP contribution in [0.25, 0.3) is 6.08 Å². The number of carboxylic acids is 1. The number of phenolic OH excluding ortho intramolecular Hbond substituents is 3. The van der Waals surface area contributed by atoms with Crippen molar-refractivity contribution in [1.29, 1.82) is 0 Å². The van der Waals surface area contributed by atoms with Gasteiger partial charge in [-0.2, -0.15) is 0 Å². The standard InChI is InChI=1S/C16H17NO6S2/c18-10-6-9(7-11(19)14(10)22)8-12-15(23)17(16(24)25-12)5-3-1-2-4-13(20)21/h6-8,18-19,22H,1-5H2,(H,20,21). The van der Waals surface area contributed by atoms with Crippen LogP contribution >= 0.6 is 24.0 Å². The first-order chi connectivity index (χ1) is 11.8. The first-order valence-corrected chi connectivity index (χ1v) is 8.74. The van der Waals surface area contributed by atoms with Crippen LogP contribution in [0, 0.1) is 0 Å². The number of thioether (sulfide) groups is 1. The highest BCUT2D eigenvalue weighted by Crippen LogP contribution is 2.38. The predicted molar refractivity (Wildman–Crippen MR) is 97.4 cm³/mol. The number of nitrogens with zero attached hydrogens (tertiary/aromatic N) is 1. The summed E-state index contributed by atoms with van der Waals surface area (Å²) in [6.07, 6.45) is 3.46. The largest absolute Gasteiger partial charge is 0.504 e. The highest BCUT2D eigenvalue weighted by molar-refractivity contribution is 8.26. The Morgan fingerprint density at radius 2 is 1.80 bits per heavy atom. The summed E-state index contributed by atoms with van der Waals surface area (Å²) < 4.78 is 0.404. The zero-order valence-electron chi connectivity index (χ0n) is 13.1. The minimum Gasteiger partial charge on any atom is -0.504 e. The fraction of sp³-hybridized carbons (Fsp3) is 0.312. The summed E-state index contributed by atoms with van der Waals surface area (Å²) in [5.74, 6) is -2.71. The summed E-state index contributed by atoms with van der Waals surface area (Å²) >= 11 is 6.31. The summed E-state index contributed by atoms with van der Waals surface area (Å²) in [6, 6.07) is 2.46. The van der Waals surface area contributed by atoms with Gasteiger partial charge in [0.15, 0.2) is 17.2 Å². The molecule has 9 heteroatoms. The van der Waals surface area contributed by atoms with Crippen LogP contribution in [0.2, 0.25) is 0 Å². The van der Waals surface area contributed by atoms with Crippen molar-refractivity contribution in [2.24, 2.45) is 0 Å². The van der Waals surface area contributed by atoms with Crippen LogP contribution in [0.3, 0.4) is 0 Å². The number of aliphatic carboxylic acids is 1. The van der Waals surface area contributed by atoms with E-state index in [4.69, 9.17) is 17.3 Å². The van der Waals surface area contributed by atoms with E-state index in [1.165, 1.54) is 23.1 Å². The zero-order valence-corrected chi connectivity index (χ0v) is 14.8. The van der Waals surface area contributed by atoms with Crippen molar-refractivity contribution in [3.05, 3.63) is 22.6 Å². The van der Waals surface area contributed by atoms with Crippen molar-refractivity contribution in [3.63, 3.8) is 0 Å². The van der Waals surface area contributed by atoms with E-state index in [9.17, 15) is 24.9 Å². The molecule has 0 bridgehead atoms. The van der Waals surface area contributed by atoms with Gasteiger partial charge in [-0.1, -0.05) is 30.4 Å². The molecule has 2 rings (SSSR count). The quantitative estimate of drug-likeness (QED) is 0.246. The number of hydrogen-bond donors (Lipinski definition) is 4. The molecule has 0 aromatic heterocycles. The number of amides is 1. The van der Waals surface area contributed by atoms with Crippen LogP contribution in [-0.4, -0.2) is 48.1 Å². The van der Waals surface area contributed by atoms with Crippen LogP contribution in [-0.2, 0) is 9.59 Å². The van der Waals surface area contributed by atoms with Gasteiger partial charge in [-0.25, -0.2) is 0 Å². The molecule has 0 spiro atoms. The molecule has 0 radical (unpaired) electrons. The molecule has 0 saturated carbocycles. The van der Waals surface area contributed by atoms with E-state index in [0.29, 0.717) is 40.6 Å². The van der Waals surface area contributed by atoms with Crippen molar-refractivity contribution in [1.82, 2.24) is 4.90 Å². The summed E-state index contributed by atoms with van der Waals surface area (Å²) in [6.45, 7) is 0.410. The molecular formula is C16H17NO6S2. The van der Waals surface area contributed by atoms with Crippen LogP contribution in [0.15, 0.2) is 17.0 Å². The van der Waals surface area contributed by atoms with Crippen LogP contribution < -0.4 is 0 Å². The molecule has 1 fully saturated rings. The van der Waals surface area contributed by atoms with E-state index in [2.05, 4.69) is 0 Å². The Bertz CT molecular complexity index is 723. The average molecular weight is 383 g/mol. The highest BCUT2D eigenvalue weighted by Gasteiger charge is 2.31. The lowest BCUT2D eigenvalue weighted by Crippen LogP contribution is -2.29. The van der Waals surface area contributed by atoms with Gasteiger partial charge < -0.3 is 20.4 Å². The number of carbonyl (C=O) groups excluding carboxylic acids is 1. The third-order valence-corrected chi connectivity index (χ3v) is 4.91. The first kappa shape index (κ1) is 19.1. The van der Waals surface area contributed by atoms with Gasteiger partial charge in [0.1, 0.15) is 4.32 Å². The molecule has 0 atom stereocenters. The van der Waals surface area contributed by atoms with Crippen molar-refractivity contribution in [3.8, 4) is 17.2 Å². The van der Waals surface area contributed by atoms with Gasteiger partial charge in [0.2, 0.25) is 0 Å². The zero-order chi connectivity index (χ0) is 18.6. The van der Waals surface area contributed by atoms with Crippen molar-refractivity contribution >= 4 is 46.3 Å². The lowest BCUT2D eigenvalue weighted by Gasteiger charge is -2.13. The monoisotopic (exact) mass is 383 g/mol. The SMILES string of the molecule is O=C(O)CCCCCN1C(=O)C(=Cc2cc(O)c(O)c(O)c2)SC1=S. The average Bonchev–Trinajstić information content (AvgIpc) is 2.79. The Morgan fingerprint density at radius 1 is 1.16 bits per heavy atom. The maximum Gasteiger partial charge on any atom is 0.303 e. The molecule has 1 aliphatic rings. The van der Waals surface area contributed by atoms with Crippen LogP contribution in [0.4, 0.5) is 0 Å². The van der Waals surface area contributed by atoms with Crippen molar-refractivity contribution in [2.45, 2.75) is 25.7 Å². The number of aromatic hydroxyl groups is 3. The molecule has 1 aromatic carbocycles. The van der Waals surface area contributed by atoms with Gasteiger partial charge in [-0.15, -0.1) is 0 Å². The number of hydrogen-bond acceptors (Lipinski definition) is 7. The van der Waals surface area contributed by atoms with E-state index in [1.807, 2.05) is 0 Å². The van der Waals surface area contributed by atoms with Gasteiger partial charge in [0.05, 0.1) is 4.91 Å². The number of rotatable bonds is 7. The minimum atomic E-state index is -0.839. The van der Waals surface area contributed by atoms with Crippen molar-refractivity contribution in [2.75, 3.05) is 6.54 Å². The van der Waals surface area contributed by atoms with E-state index < -0.39 is 23.2 Å². The van der Waals surface area contributed by atoms with Crippen LogP contribution in [0.5, 0.6) is 17.2 Å². The Morgan fingerprint density at radius 3 is 2.40 bits per heavy atom. The van der Waals surface area contributed by atoms with Gasteiger partial charge in [0, 0.05) is 13.0 Å². The molecule has 1 aliphatic heterocycles. The summed E-state index contributed by atoms with van der Waals surface area (Å²) in [5.41, 5.74) is 0.356. The first-order valence-electron chi connectivity index (χ1n) is 7.51. The molecule has 1 heterocycles. The normalized spacial score (nSPS) is 16.0. The topological polar surface area (TPSA) is 118 Å².